The van der Waals surface area contributed by atoms with Gasteiger partial charge in [-0.1, -0.05) is 6.92 Å². The number of aryl methyl sites for hydroxylation is 2. The van der Waals surface area contributed by atoms with Gasteiger partial charge in [0.2, 0.25) is 5.88 Å². The van der Waals surface area contributed by atoms with Crippen molar-refractivity contribution in [2.24, 2.45) is 0 Å². The van der Waals surface area contributed by atoms with Gasteiger partial charge in [0, 0.05) is 18.2 Å². The predicted octanol–water partition coefficient (Wildman–Crippen LogP) is 3.69. The van der Waals surface area contributed by atoms with Gasteiger partial charge in [-0.15, -0.1) is 0 Å². The Bertz CT molecular complexity index is 528. The quantitative estimate of drug-likeness (QED) is 0.808. The SMILES string of the molecule is CCCc1nc(Br)cc(Oc2ccc(C)nc2)n1. The molecule has 0 fully saturated rings. The van der Waals surface area contributed by atoms with Crippen molar-refractivity contribution in [2.75, 3.05) is 0 Å². The average molecular weight is 308 g/mol. The van der Waals surface area contributed by atoms with Crippen molar-refractivity contribution in [1.82, 2.24) is 15.0 Å². The summed E-state index contributed by atoms with van der Waals surface area (Å²) in [7, 11) is 0. The minimum Gasteiger partial charge on any atom is -0.437 e. The minimum atomic E-state index is 0.533. The smallest absolute Gasteiger partial charge is 0.223 e. The molecule has 0 amide bonds. The van der Waals surface area contributed by atoms with Crippen molar-refractivity contribution in [3.63, 3.8) is 0 Å². The summed E-state index contributed by atoms with van der Waals surface area (Å²) < 4.78 is 6.39. The van der Waals surface area contributed by atoms with Crippen LogP contribution in [0.5, 0.6) is 11.6 Å². The van der Waals surface area contributed by atoms with Gasteiger partial charge in [0.05, 0.1) is 6.20 Å². The van der Waals surface area contributed by atoms with E-state index in [4.69, 9.17) is 4.74 Å². The molecule has 0 radical (unpaired) electrons. The van der Waals surface area contributed by atoms with Gasteiger partial charge >= 0.3 is 0 Å². The highest BCUT2D eigenvalue weighted by atomic mass is 79.9. The van der Waals surface area contributed by atoms with Crippen LogP contribution in [0.4, 0.5) is 0 Å². The Labute approximate surface area is 115 Å². The van der Waals surface area contributed by atoms with Crippen LogP contribution in [0, 0.1) is 6.92 Å². The van der Waals surface area contributed by atoms with Crippen molar-refractivity contribution < 1.29 is 4.74 Å². The van der Waals surface area contributed by atoms with Crippen molar-refractivity contribution in [3.05, 3.63) is 40.5 Å². The number of halogens is 1. The molecule has 4 nitrogen and oxygen atoms in total. The first-order valence-electron chi connectivity index (χ1n) is 5.81. The van der Waals surface area contributed by atoms with Crippen LogP contribution in [0.3, 0.4) is 0 Å². The van der Waals surface area contributed by atoms with Crippen molar-refractivity contribution in [3.8, 4) is 11.6 Å². The van der Waals surface area contributed by atoms with Gasteiger partial charge in [0.25, 0.3) is 0 Å². The first-order chi connectivity index (χ1) is 8.67. The highest BCUT2D eigenvalue weighted by Gasteiger charge is 2.05. The van der Waals surface area contributed by atoms with Crippen molar-refractivity contribution in [2.45, 2.75) is 26.7 Å². The fourth-order valence-electron chi connectivity index (χ4n) is 1.46. The van der Waals surface area contributed by atoms with Crippen LogP contribution in [0.15, 0.2) is 29.0 Å². The molecule has 2 rings (SSSR count). The molecule has 5 heteroatoms. The molecule has 0 saturated heterocycles. The van der Waals surface area contributed by atoms with E-state index in [-0.39, 0.29) is 0 Å². The molecule has 0 N–H and O–H groups in total. The largest absolute Gasteiger partial charge is 0.437 e. The van der Waals surface area contributed by atoms with E-state index in [1.165, 1.54) is 0 Å². The zero-order valence-corrected chi connectivity index (χ0v) is 11.9. The van der Waals surface area contributed by atoms with Crippen LogP contribution in [-0.4, -0.2) is 15.0 Å². The lowest BCUT2D eigenvalue weighted by Crippen LogP contribution is -1.98. The molecule has 94 valence electrons. The maximum atomic E-state index is 5.66. The molecule has 0 bridgehead atoms. The van der Waals surface area contributed by atoms with E-state index in [1.807, 2.05) is 19.1 Å². The number of hydrogen-bond donors (Lipinski definition) is 0. The predicted molar refractivity (Wildman–Crippen MR) is 72.8 cm³/mol. The van der Waals surface area contributed by atoms with Crippen molar-refractivity contribution in [1.29, 1.82) is 0 Å². The molecule has 0 saturated carbocycles. The molecule has 0 aliphatic rings. The lowest BCUT2D eigenvalue weighted by atomic mass is 10.3. The van der Waals surface area contributed by atoms with E-state index in [1.54, 1.807) is 12.3 Å². The Morgan fingerprint density at radius 3 is 2.78 bits per heavy atom. The van der Waals surface area contributed by atoms with Crippen LogP contribution in [-0.2, 0) is 6.42 Å². The van der Waals surface area contributed by atoms with E-state index in [2.05, 4.69) is 37.8 Å². The molecular formula is C13H14BrN3O. The fraction of sp³-hybridized carbons (Fsp3) is 0.308. The van der Waals surface area contributed by atoms with Gasteiger partial charge in [-0.25, -0.2) is 4.98 Å². The number of pyridine rings is 1. The van der Waals surface area contributed by atoms with Crippen LogP contribution in [0.25, 0.3) is 0 Å². The number of nitrogens with zero attached hydrogens (tertiary/aromatic N) is 3. The van der Waals surface area contributed by atoms with Crippen molar-refractivity contribution >= 4 is 15.9 Å². The molecule has 2 aromatic rings. The van der Waals surface area contributed by atoms with Gasteiger partial charge in [-0.3, -0.25) is 4.98 Å². The lowest BCUT2D eigenvalue weighted by molar-refractivity contribution is 0.455. The first-order valence-corrected chi connectivity index (χ1v) is 6.60. The van der Waals surface area contributed by atoms with Crippen LogP contribution < -0.4 is 4.74 Å². The fourth-order valence-corrected chi connectivity index (χ4v) is 1.87. The Balaban J connectivity index is 2.20. The number of aromatic nitrogens is 3. The van der Waals surface area contributed by atoms with Gasteiger partial charge in [-0.2, -0.15) is 4.98 Å². The molecule has 0 spiro atoms. The Morgan fingerprint density at radius 1 is 1.28 bits per heavy atom. The van der Waals surface area contributed by atoms with E-state index in [0.717, 1.165) is 29.0 Å². The third-order valence-corrected chi connectivity index (χ3v) is 2.70. The summed E-state index contributed by atoms with van der Waals surface area (Å²) in [6.45, 7) is 4.03. The molecule has 2 heterocycles. The zero-order valence-electron chi connectivity index (χ0n) is 10.4. The Hall–Kier alpha value is -1.49. The molecule has 18 heavy (non-hydrogen) atoms. The van der Waals surface area contributed by atoms with E-state index < -0.39 is 0 Å². The second kappa shape index (κ2) is 5.91. The summed E-state index contributed by atoms with van der Waals surface area (Å²) in [5, 5.41) is 0. The monoisotopic (exact) mass is 307 g/mol. The second-order valence-corrected chi connectivity index (χ2v) is 4.74. The van der Waals surface area contributed by atoms with Crippen LogP contribution in [0.1, 0.15) is 24.9 Å². The third kappa shape index (κ3) is 3.50. The maximum Gasteiger partial charge on any atom is 0.223 e. The van der Waals surface area contributed by atoms with E-state index in [9.17, 15) is 0 Å². The Morgan fingerprint density at radius 2 is 2.11 bits per heavy atom. The number of rotatable bonds is 4. The molecule has 0 aromatic carbocycles. The van der Waals surface area contributed by atoms with E-state index in [0.29, 0.717) is 11.6 Å². The van der Waals surface area contributed by atoms with Gasteiger partial charge in [-0.05, 0) is 41.4 Å². The standard InChI is InChI=1S/C13H14BrN3O/c1-3-4-12-16-11(14)7-13(17-12)18-10-6-5-9(2)15-8-10/h5-8H,3-4H2,1-2H3. The summed E-state index contributed by atoms with van der Waals surface area (Å²) in [5.74, 6) is 1.99. The topological polar surface area (TPSA) is 47.9 Å². The highest BCUT2D eigenvalue weighted by Crippen LogP contribution is 2.21. The normalized spacial score (nSPS) is 10.4. The first kappa shape index (κ1) is 13.0. The average Bonchev–Trinajstić information content (AvgIpc) is 2.32. The van der Waals surface area contributed by atoms with Gasteiger partial charge in [0.15, 0.2) is 0 Å². The molecular weight excluding hydrogens is 294 g/mol. The summed E-state index contributed by atoms with van der Waals surface area (Å²) in [6.07, 6.45) is 3.52. The summed E-state index contributed by atoms with van der Waals surface area (Å²) in [4.78, 5) is 12.8. The van der Waals surface area contributed by atoms with Gasteiger partial charge < -0.3 is 4.74 Å². The van der Waals surface area contributed by atoms with E-state index >= 15 is 0 Å². The molecule has 0 aliphatic carbocycles. The number of ether oxygens (including phenoxy) is 1. The molecule has 0 unspecified atom stereocenters. The number of hydrogen-bond acceptors (Lipinski definition) is 4. The maximum absolute atomic E-state index is 5.66. The summed E-state index contributed by atoms with van der Waals surface area (Å²) in [6, 6.07) is 5.52. The molecule has 0 atom stereocenters. The summed E-state index contributed by atoms with van der Waals surface area (Å²) in [5.41, 5.74) is 0.956. The summed E-state index contributed by atoms with van der Waals surface area (Å²) >= 11 is 3.36. The second-order valence-electron chi connectivity index (χ2n) is 3.93. The third-order valence-electron chi connectivity index (χ3n) is 2.30. The minimum absolute atomic E-state index is 0.533. The Kier molecular flexibility index (Phi) is 4.25. The van der Waals surface area contributed by atoms with Gasteiger partial charge in [0.1, 0.15) is 16.2 Å². The van der Waals surface area contributed by atoms with Crippen LogP contribution in [0.2, 0.25) is 0 Å². The zero-order chi connectivity index (χ0) is 13.0. The van der Waals surface area contributed by atoms with Crippen LogP contribution >= 0.6 is 15.9 Å². The highest BCUT2D eigenvalue weighted by molar-refractivity contribution is 9.10. The molecule has 0 aliphatic heterocycles. The lowest BCUT2D eigenvalue weighted by Gasteiger charge is -2.06. The molecule has 2 aromatic heterocycles.